The van der Waals surface area contributed by atoms with Crippen molar-refractivity contribution in [2.45, 2.75) is 32.7 Å². The molecule has 1 heterocycles. The number of amides is 1. The second-order valence-electron chi connectivity index (χ2n) is 4.89. The van der Waals surface area contributed by atoms with E-state index in [0.717, 1.165) is 28.6 Å². The molecule has 1 aromatic carbocycles. The second kappa shape index (κ2) is 7.07. The zero-order valence-electron chi connectivity index (χ0n) is 12.4. The minimum atomic E-state index is -1.28. The number of nitrogens with zero attached hydrogens (tertiary/aromatic N) is 1. The Kier molecular flexibility index (Phi) is 5.37. The summed E-state index contributed by atoms with van der Waals surface area (Å²) in [6.45, 7) is 3.76. The van der Waals surface area contributed by atoms with Crippen LogP contribution < -0.4 is 5.11 Å². The normalized spacial score (nSPS) is 18.1. The van der Waals surface area contributed by atoms with Crippen LogP contribution in [-0.2, 0) is 16.0 Å². The Balaban J connectivity index is 2.26. The molecule has 1 aliphatic heterocycles. The van der Waals surface area contributed by atoms with Crippen molar-refractivity contribution in [3.05, 3.63) is 40.3 Å². The lowest BCUT2D eigenvalue weighted by atomic mass is 10.1. The van der Waals surface area contributed by atoms with Gasteiger partial charge in [0.2, 0.25) is 0 Å². The quantitative estimate of drug-likeness (QED) is 0.609. The smallest absolute Gasteiger partial charge is 0.266 e. The standard InChI is InChI=1S/C16H17NO3S2/c1-3-10-5-7-11(8-6-10)9-13-14(18)17(16(21)22-13)12(4-2)15(19)20/h5-9,12H,3-4H2,1-2H3,(H,19,20)/p-1/b13-9-/t12-/m1/s1. The van der Waals surface area contributed by atoms with Crippen LogP contribution in [-0.4, -0.2) is 27.1 Å². The summed E-state index contributed by atoms with van der Waals surface area (Å²) in [6.07, 6.45) is 2.94. The molecule has 0 aliphatic carbocycles. The number of rotatable bonds is 5. The summed E-state index contributed by atoms with van der Waals surface area (Å²) in [5.74, 6) is -1.65. The number of aliphatic carboxylic acids is 1. The lowest BCUT2D eigenvalue weighted by Gasteiger charge is -2.26. The van der Waals surface area contributed by atoms with Crippen LogP contribution >= 0.6 is 24.0 Å². The van der Waals surface area contributed by atoms with E-state index >= 15 is 0 Å². The van der Waals surface area contributed by atoms with E-state index < -0.39 is 12.0 Å². The number of carboxylic acids is 1. The molecule has 0 spiro atoms. The third-order valence-electron chi connectivity index (χ3n) is 3.48. The van der Waals surface area contributed by atoms with Crippen LogP contribution in [0.4, 0.5) is 0 Å². The zero-order valence-corrected chi connectivity index (χ0v) is 14.0. The molecule has 0 saturated carbocycles. The van der Waals surface area contributed by atoms with Crippen molar-refractivity contribution in [3.63, 3.8) is 0 Å². The van der Waals surface area contributed by atoms with Gasteiger partial charge in [-0.25, -0.2) is 0 Å². The van der Waals surface area contributed by atoms with E-state index in [1.165, 1.54) is 5.56 Å². The number of hydrogen-bond donors (Lipinski definition) is 0. The highest BCUT2D eigenvalue weighted by molar-refractivity contribution is 8.26. The van der Waals surface area contributed by atoms with Gasteiger partial charge in [-0.2, -0.15) is 0 Å². The van der Waals surface area contributed by atoms with Gasteiger partial charge in [0, 0.05) is 0 Å². The summed E-state index contributed by atoms with van der Waals surface area (Å²) in [5, 5.41) is 11.2. The number of thioether (sulfide) groups is 1. The van der Waals surface area contributed by atoms with Crippen LogP contribution in [0.1, 0.15) is 31.4 Å². The SMILES string of the molecule is CCc1ccc(/C=C2\SC(=S)N([C@H](CC)C(=O)[O-])C2=O)cc1. The number of carbonyl (C=O) groups is 2. The van der Waals surface area contributed by atoms with Crippen LogP contribution in [0.2, 0.25) is 0 Å². The maximum atomic E-state index is 12.4. The van der Waals surface area contributed by atoms with E-state index in [2.05, 4.69) is 6.92 Å². The van der Waals surface area contributed by atoms with Gasteiger partial charge >= 0.3 is 0 Å². The average Bonchev–Trinajstić information content (AvgIpc) is 2.76. The van der Waals surface area contributed by atoms with Gasteiger partial charge in [-0.05, 0) is 30.0 Å². The molecule has 1 atom stereocenters. The fourth-order valence-corrected chi connectivity index (χ4v) is 3.56. The monoisotopic (exact) mass is 334 g/mol. The number of carbonyl (C=O) groups excluding carboxylic acids is 2. The van der Waals surface area contributed by atoms with Gasteiger partial charge in [-0.3, -0.25) is 9.69 Å². The zero-order chi connectivity index (χ0) is 16.3. The first-order valence-electron chi connectivity index (χ1n) is 7.04. The summed E-state index contributed by atoms with van der Waals surface area (Å²) < 4.78 is 0.262. The van der Waals surface area contributed by atoms with Gasteiger partial charge < -0.3 is 9.90 Å². The first-order chi connectivity index (χ1) is 10.5. The third kappa shape index (κ3) is 3.39. The van der Waals surface area contributed by atoms with Gasteiger partial charge in [0.1, 0.15) is 4.32 Å². The first kappa shape index (κ1) is 16.7. The minimum Gasteiger partial charge on any atom is -0.548 e. The van der Waals surface area contributed by atoms with Crippen molar-refractivity contribution >= 4 is 46.3 Å². The van der Waals surface area contributed by atoms with Gasteiger partial charge in [-0.1, -0.05) is 62.1 Å². The Morgan fingerprint density at radius 1 is 1.36 bits per heavy atom. The molecule has 0 N–H and O–H groups in total. The first-order valence-corrected chi connectivity index (χ1v) is 8.27. The molecular formula is C16H16NO3S2-. The van der Waals surface area contributed by atoms with E-state index in [0.29, 0.717) is 4.91 Å². The van der Waals surface area contributed by atoms with Crippen molar-refractivity contribution < 1.29 is 14.7 Å². The molecule has 0 bridgehead atoms. The third-order valence-corrected chi connectivity index (χ3v) is 4.81. The van der Waals surface area contributed by atoms with Gasteiger partial charge in [0.25, 0.3) is 5.91 Å². The summed E-state index contributed by atoms with van der Waals surface area (Å²) in [5.41, 5.74) is 2.10. The Bertz CT molecular complexity index is 637. The van der Waals surface area contributed by atoms with Crippen LogP contribution in [0, 0.1) is 0 Å². The molecule has 1 fully saturated rings. The largest absolute Gasteiger partial charge is 0.548 e. The Morgan fingerprint density at radius 3 is 2.50 bits per heavy atom. The topological polar surface area (TPSA) is 60.4 Å². The predicted molar refractivity (Wildman–Crippen MR) is 89.9 cm³/mol. The lowest BCUT2D eigenvalue weighted by Crippen LogP contribution is -2.49. The molecule has 116 valence electrons. The van der Waals surface area contributed by atoms with E-state index in [9.17, 15) is 14.7 Å². The van der Waals surface area contributed by atoms with Crippen LogP contribution in [0.25, 0.3) is 6.08 Å². The van der Waals surface area contributed by atoms with Crippen LogP contribution in [0.15, 0.2) is 29.2 Å². The van der Waals surface area contributed by atoms with Gasteiger partial charge in [0.15, 0.2) is 0 Å². The summed E-state index contributed by atoms with van der Waals surface area (Å²) >= 11 is 6.27. The molecule has 6 heteroatoms. The van der Waals surface area contributed by atoms with Crippen molar-refractivity contribution in [2.24, 2.45) is 0 Å². The molecule has 1 aliphatic rings. The Morgan fingerprint density at radius 2 is 2.00 bits per heavy atom. The molecular weight excluding hydrogens is 318 g/mol. The average molecular weight is 334 g/mol. The maximum absolute atomic E-state index is 12.4. The minimum absolute atomic E-state index is 0.257. The molecule has 2 rings (SSSR count). The molecule has 0 unspecified atom stereocenters. The summed E-state index contributed by atoms with van der Waals surface area (Å²) in [7, 11) is 0. The van der Waals surface area contributed by atoms with Crippen molar-refractivity contribution in [1.29, 1.82) is 0 Å². The van der Waals surface area contributed by atoms with Gasteiger partial charge in [-0.15, -0.1) is 0 Å². The van der Waals surface area contributed by atoms with Crippen LogP contribution in [0.5, 0.6) is 0 Å². The Hall–Kier alpha value is -1.66. The van der Waals surface area contributed by atoms with E-state index in [1.807, 2.05) is 24.3 Å². The van der Waals surface area contributed by atoms with Crippen molar-refractivity contribution in [2.75, 3.05) is 0 Å². The van der Waals surface area contributed by atoms with E-state index in [1.54, 1.807) is 13.0 Å². The number of aryl methyl sites for hydroxylation is 1. The van der Waals surface area contributed by atoms with Crippen molar-refractivity contribution in [1.82, 2.24) is 4.90 Å². The van der Waals surface area contributed by atoms with Gasteiger partial charge in [0.05, 0.1) is 16.9 Å². The fraction of sp³-hybridized carbons (Fsp3) is 0.312. The van der Waals surface area contributed by atoms with Crippen LogP contribution in [0.3, 0.4) is 0 Å². The summed E-state index contributed by atoms with van der Waals surface area (Å²) in [6, 6.07) is 6.86. The Labute approximate surface area is 139 Å². The fourth-order valence-electron chi connectivity index (χ4n) is 2.20. The molecule has 1 amide bonds. The molecule has 1 saturated heterocycles. The molecule has 1 aromatic rings. The van der Waals surface area contributed by atoms with Crippen molar-refractivity contribution in [3.8, 4) is 0 Å². The van der Waals surface area contributed by atoms with E-state index in [-0.39, 0.29) is 16.6 Å². The molecule has 0 aromatic heterocycles. The molecule has 4 nitrogen and oxygen atoms in total. The second-order valence-corrected chi connectivity index (χ2v) is 6.57. The molecule has 0 radical (unpaired) electrons. The highest BCUT2D eigenvalue weighted by Crippen LogP contribution is 2.34. The van der Waals surface area contributed by atoms with E-state index in [4.69, 9.17) is 12.2 Å². The highest BCUT2D eigenvalue weighted by atomic mass is 32.2. The maximum Gasteiger partial charge on any atom is 0.266 e. The molecule has 22 heavy (non-hydrogen) atoms. The number of thiocarbonyl (C=S) groups is 1. The number of hydrogen-bond acceptors (Lipinski definition) is 5. The highest BCUT2D eigenvalue weighted by Gasteiger charge is 2.36. The lowest BCUT2D eigenvalue weighted by molar-refractivity contribution is -0.310. The predicted octanol–water partition coefficient (Wildman–Crippen LogP) is 1.98. The summed E-state index contributed by atoms with van der Waals surface area (Å²) in [4.78, 5) is 25.1. The number of benzene rings is 1. The number of carboxylic acid groups (broad SMARTS) is 1.